The molecule has 124 valence electrons. The Bertz CT molecular complexity index is 146. The van der Waals surface area contributed by atoms with E-state index < -0.39 is 0 Å². The molecular formula is C17H39B3PaPb-. The minimum absolute atomic E-state index is 0. The van der Waals surface area contributed by atoms with Crippen molar-refractivity contribution >= 4 is 47.4 Å². The average molecular weight is 714 g/mol. The Balaban J connectivity index is -0.000000113. The van der Waals surface area contributed by atoms with Crippen LogP contribution in [0.15, 0.2) is 0 Å². The molecule has 0 aliphatic heterocycles. The van der Waals surface area contributed by atoms with Crippen LogP contribution in [0.5, 0.6) is 0 Å². The van der Waals surface area contributed by atoms with Gasteiger partial charge in [0.2, 0.25) is 0 Å². The second-order valence-electron chi connectivity index (χ2n) is 5.54. The molecule has 0 aromatic carbocycles. The van der Waals surface area contributed by atoms with Crippen LogP contribution < -0.4 is 0 Å². The van der Waals surface area contributed by atoms with Crippen molar-refractivity contribution in [2.75, 3.05) is 0 Å². The van der Waals surface area contributed by atoms with Gasteiger partial charge in [-0.25, -0.2) is 0 Å². The van der Waals surface area contributed by atoms with Crippen LogP contribution in [0.25, 0.3) is 0 Å². The Morgan fingerprint density at radius 1 is 0.955 bits per heavy atom. The van der Waals surface area contributed by atoms with E-state index in [1.165, 1.54) is 81.0 Å². The van der Waals surface area contributed by atoms with E-state index in [2.05, 4.69) is 41.9 Å². The van der Waals surface area contributed by atoms with Crippen molar-refractivity contribution in [3.05, 3.63) is 6.92 Å². The van der Waals surface area contributed by atoms with Gasteiger partial charge in [-0.3, -0.25) is 0 Å². The molecule has 0 saturated heterocycles. The smallest absolute Gasteiger partial charge is 0 e. The number of hydrogen-bond acceptors (Lipinski definition) is 0. The maximum atomic E-state index is 5.68. The van der Waals surface area contributed by atoms with Gasteiger partial charge in [0.1, 0.15) is 7.28 Å². The Labute approximate surface area is 186 Å². The van der Waals surface area contributed by atoms with Crippen LogP contribution in [0.4, 0.5) is 0 Å². The van der Waals surface area contributed by atoms with Gasteiger partial charge < -0.3 is 0 Å². The Morgan fingerprint density at radius 3 is 1.86 bits per heavy atom. The van der Waals surface area contributed by atoms with Crippen LogP contribution in [0.3, 0.4) is 0 Å². The van der Waals surface area contributed by atoms with Crippen LogP contribution in [0.1, 0.15) is 79.1 Å². The maximum Gasteiger partial charge on any atom is 0 e. The largest absolute Gasteiger partial charge is 0 e. The fraction of sp³-hybridized carbons (Fsp3) is 0.941. The molecule has 0 bridgehead atoms. The first-order valence-electron chi connectivity index (χ1n) is 9.20. The molecule has 0 rings (SSSR count). The van der Waals surface area contributed by atoms with Gasteiger partial charge in [0, 0.05) is 40.0 Å². The van der Waals surface area contributed by atoms with Crippen molar-refractivity contribution in [3.63, 3.8) is 0 Å². The van der Waals surface area contributed by atoms with Gasteiger partial charge in [-0.15, -0.1) is 6.22 Å². The van der Waals surface area contributed by atoms with Gasteiger partial charge >= 0.3 is 62.4 Å². The second-order valence-corrected chi connectivity index (χ2v) is 7.78. The van der Waals surface area contributed by atoms with Gasteiger partial charge in [0.25, 0.3) is 0 Å². The topological polar surface area (TPSA) is 0 Å². The van der Waals surface area contributed by atoms with E-state index in [-0.39, 0.29) is 32.3 Å². The summed E-state index contributed by atoms with van der Waals surface area (Å²) in [7, 11) is 7.97. The predicted molar refractivity (Wildman–Crippen MR) is 109 cm³/mol. The van der Waals surface area contributed by atoms with Crippen molar-refractivity contribution in [1.29, 1.82) is 0 Å². The van der Waals surface area contributed by atoms with Crippen molar-refractivity contribution in [2.45, 2.75) is 102 Å². The standard InChI is InChI=1S/C6H14B3.C6H12.C5H12.Pa.Pb.H/c1-3-5-8-6-9(7)4-2;1-3-5-6-4-2;1-3-5-4-2;;;/h3-6H2,1-2H3;1-6H2;3-5H2,1-2H3;;;/q;-1;;;;. The number of hydrogen-bond donors (Lipinski definition) is 0. The van der Waals surface area contributed by atoms with Gasteiger partial charge in [0.15, 0.2) is 0 Å². The fourth-order valence-corrected chi connectivity index (χ4v) is 2.68. The molecule has 0 amide bonds. The molecule has 0 aromatic rings. The summed E-state index contributed by atoms with van der Waals surface area (Å²) < 4.78 is 1.50. The third-order valence-electron chi connectivity index (χ3n) is 3.15. The van der Waals surface area contributed by atoms with Gasteiger partial charge in [-0.2, -0.15) is 0 Å². The molecule has 0 spiro atoms. The summed E-state index contributed by atoms with van der Waals surface area (Å²) in [6, 6.07) is 0. The van der Waals surface area contributed by atoms with Crippen LogP contribution in [-0.4, -0.2) is 47.4 Å². The first kappa shape index (κ1) is 31.9. The molecule has 5 heteroatoms. The second kappa shape index (κ2) is 34.5. The van der Waals surface area contributed by atoms with E-state index in [0.29, 0.717) is 6.60 Å². The molecule has 0 aliphatic carbocycles. The first-order chi connectivity index (χ1) is 10.1. The number of rotatable bonds is 11. The number of unbranched alkanes of at least 4 members (excludes halogenated alkanes) is 5. The summed E-state index contributed by atoms with van der Waals surface area (Å²) in [6.45, 7) is 12.9. The zero-order chi connectivity index (χ0) is 16.8. The van der Waals surface area contributed by atoms with Crippen LogP contribution in [0, 0.1) is 39.2 Å². The van der Waals surface area contributed by atoms with Gasteiger partial charge in [-0.05, 0) is 0 Å². The van der Waals surface area contributed by atoms with Crippen molar-refractivity contribution in [2.24, 2.45) is 0 Å². The van der Waals surface area contributed by atoms with Crippen LogP contribution in [-0.2, 0) is 0 Å². The zero-order valence-corrected chi connectivity index (χ0v) is 25.4. The molecule has 0 fully saturated rings. The minimum atomic E-state index is 0. The molecular weight excluding hydrogens is 675 g/mol. The predicted octanol–water partition coefficient (Wildman–Crippen LogP) is 5.55. The summed E-state index contributed by atoms with van der Waals surface area (Å²) in [5.41, 5.74) is 0. The van der Waals surface area contributed by atoms with Gasteiger partial charge in [0.05, 0.1) is 6.60 Å². The molecule has 22 heavy (non-hydrogen) atoms. The summed E-state index contributed by atoms with van der Waals surface area (Å²) in [6.07, 6.45) is 14.1. The molecule has 0 N–H and O–H groups in total. The Kier molecular flexibility index (Phi) is 50.1. The van der Waals surface area contributed by atoms with Crippen molar-refractivity contribution < 1.29 is 32.3 Å². The quantitative estimate of drug-likeness (QED) is 0.150. The molecule has 0 saturated carbocycles. The monoisotopic (exact) mass is 715 g/mol. The summed E-state index contributed by atoms with van der Waals surface area (Å²) >= 11 is 1.22. The normalized spacial score (nSPS) is 8.64. The first-order valence-corrected chi connectivity index (χ1v) is 12.4. The third-order valence-corrected chi connectivity index (χ3v) is 4.73. The Hall–Kier alpha value is 2.21. The third kappa shape index (κ3) is 43.2. The van der Waals surface area contributed by atoms with E-state index >= 15 is 0 Å². The Morgan fingerprint density at radius 2 is 1.55 bits per heavy atom. The van der Waals surface area contributed by atoms with Crippen molar-refractivity contribution in [3.8, 4) is 0 Å². The molecule has 6 radical (unpaired) electrons. The van der Waals surface area contributed by atoms with Crippen LogP contribution >= 0.6 is 0 Å². The van der Waals surface area contributed by atoms with E-state index in [1.54, 1.807) is 0 Å². The summed E-state index contributed by atoms with van der Waals surface area (Å²) in [5, 5.41) is 0. The molecule has 0 aliphatic rings. The summed E-state index contributed by atoms with van der Waals surface area (Å²) in [5.74, 6) is 0. The van der Waals surface area contributed by atoms with Crippen molar-refractivity contribution in [1.82, 2.24) is 0 Å². The van der Waals surface area contributed by atoms with E-state index in [9.17, 15) is 0 Å². The molecule has 0 aromatic heterocycles. The minimum Gasteiger partial charge on any atom is 0 e. The molecule has 0 atom stereocenters. The zero-order valence-electron chi connectivity index (χ0n) is 16.1. The SMILES string of the molecule is CCCCC.[B]B(CC)C[B]CCC.[CH2-]CCCC[CH2][PbH].[Pa]. The van der Waals surface area contributed by atoms with E-state index in [0.717, 1.165) is 19.0 Å². The van der Waals surface area contributed by atoms with Crippen LogP contribution in [0.2, 0.25) is 22.8 Å². The molecule has 0 nitrogen and oxygen atoms in total. The summed E-state index contributed by atoms with van der Waals surface area (Å²) in [4.78, 5) is 0. The fourth-order valence-electron chi connectivity index (χ4n) is 1.55. The van der Waals surface area contributed by atoms with Gasteiger partial charge in [-0.1, -0.05) is 66.0 Å². The average Bonchev–Trinajstić information content (AvgIpc) is 2.50. The van der Waals surface area contributed by atoms with E-state index in [1.807, 2.05) is 0 Å². The molecule has 0 heterocycles. The maximum absolute atomic E-state index is 5.68. The molecule has 0 unspecified atom stereocenters. The van der Waals surface area contributed by atoms with E-state index in [4.69, 9.17) is 7.74 Å².